The monoisotopic (exact) mass is 451 g/mol. The number of hydrogen-bond donors (Lipinski definition) is 1. The Morgan fingerprint density at radius 1 is 1.19 bits per heavy atom. The van der Waals surface area contributed by atoms with Crippen LogP contribution in [0.2, 0.25) is 5.02 Å². The molecule has 164 valence electrons. The Kier molecular flexibility index (Phi) is 6.45. The van der Waals surface area contributed by atoms with Crippen molar-refractivity contribution in [2.75, 3.05) is 26.7 Å². The predicted octanol–water partition coefficient (Wildman–Crippen LogP) is 2.92. The second-order valence-corrected chi connectivity index (χ2v) is 7.62. The van der Waals surface area contributed by atoms with Gasteiger partial charge in [-0.25, -0.2) is 13.6 Å². The van der Waals surface area contributed by atoms with Crippen molar-refractivity contribution in [3.8, 4) is 5.75 Å². The van der Waals surface area contributed by atoms with Crippen LogP contribution in [0.1, 0.15) is 12.5 Å². The van der Waals surface area contributed by atoms with Gasteiger partial charge in [-0.05, 0) is 49.4 Å². The molecule has 10 heteroatoms. The van der Waals surface area contributed by atoms with Crippen LogP contribution in [0.4, 0.5) is 13.6 Å². The average molecular weight is 452 g/mol. The van der Waals surface area contributed by atoms with Crippen LogP contribution < -0.4 is 10.1 Å². The molecule has 3 rings (SSSR count). The van der Waals surface area contributed by atoms with Gasteiger partial charge in [-0.3, -0.25) is 14.5 Å². The lowest BCUT2D eigenvalue weighted by atomic mass is 9.91. The molecule has 7 nitrogen and oxygen atoms in total. The van der Waals surface area contributed by atoms with E-state index in [0.29, 0.717) is 15.7 Å². The number of imide groups is 1. The van der Waals surface area contributed by atoms with Crippen LogP contribution in [0.15, 0.2) is 42.5 Å². The summed E-state index contributed by atoms with van der Waals surface area (Å²) in [5.74, 6) is -2.39. The summed E-state index contributed by atoms with van der Waals surface area (Å²) >= 11 is 5.81. The molecule has 2 aromatic rings. The molecule has 1 N–H and O–H groups in total. The van der Waals surface area contributed by atoms with Crippen LogP contribution in [0.3, 0.4) is 0 Å². The Hall–Kier alpha value is -3.20. The molecule has 1 aliphatic rings. The molecule has 2 aromatic carbocycles. The maximum atomic E-state index is 14.2. The minimum atomic E-state index is -1.82. The molecular formula is C21H20ClF2N3O4. The van der Waals surface area contributed by atoms with Gasteiger partial charge in [0.2, 0.25) is 5.91 Å². The van der Waals surface area contributed by atoms with Crippen molar-refractivity contribution in [2.24, 2.45) is 0 Å². The molecule has 1 atom stereocenters. The Morgan fingerprint density at radius 2 is 1.87 bits per heavy atom. The van der Waals surface area contributed by atoms with E-state index in [-0.39, 0.29) is 18.7 Å². The van der Waals surface area contributed by atoms with E-state index in [1.165, 1.54) is 18.9 Å². The van der Waals surface area contributed by atoms with E-state index in [9.17, 15) is 23.2 Å². The quantitative estimate of drug-likeness (QED) is 0.656. The van der Waals surface area contributed by atoms with Crippen molar-refractivity contribution in [3.05, 3.63) is 64.7 Å². The highest BCUT2D eigenvalue weighted by Crippen LogP contribution is 2.31. The second-order valence-electron chi connectivity index (χ2n) is 7.19. The van der Waals surface area contributed by atoms with Crippen molar-refractivity contribution >= 4 is 29.4 Å². The maximum Gasteiger partial charge on any atom is 0.325 e. The fourth-order valence-corrected chi connectivity index (χ4v) is 3.24. The SMILES string of the molecule is CN(CCOc1ccc(Cl)cc1)C(=O)CN1C(=O)NC(C)(c2cc(F)ccc2F)C1=O. The normalized spacial score (nSPS) is 18.2. The van der Waals surface area contributed by atoms with Gasteiger partial charge in [0.25, 0.3) is 5.91 Å². The summed E-state index contributed by atoms with van der Waals surface area (Å²) in [5, 5.41) is 2.92. The number of nitrogens with one attached hydrogen (secondary N) is 1. The number of amides is 4. The van der Waals surface area contributed by atoms with Crippen LogP contribution in [0.25, 0.3) is 0 Å². The Balaban J connectivity index is 1.61. The Morgan fingerprint density at radius 3 is 2.55 bits per heavy atom. The number of urea groups is 1. The molecule has 0 aromatic heterocycles. The standard InChI is InChI=1S/C21H20ClF2N3O4/c1-21(16-11-14(23)5-8-17(16)24)19(29)27(20(30)25-21)12-18(28)26(2)9-10-31-15-6-3-13(22)4-7-15/h3-8,11H,9-10,12H2,1-2H3,(H,25,30). The van der Waals surface area contributed by atoms with Crippen molar-refractivity contribution in [1.29, 1.82) is 0 Å². The molecule has 1 fully saturated rings. The molecule has 1 aliphatic heterocycles. The molecule has 4 amide bonds. The van der Waals surface area contributed by atoms with Crippen molar-refractivity contribution < 1.29 is 27.9 Å². The van der Waals surface area contributed by atoms with E-state index in [1.54, 1.807) is 24.3 Å². The first-order valence-electron chi connectivity index (χ1n) is 9.34. The average Bonchev–Trinajstić information content (AvgIpc) is 2.94. The largest absolute Gasteiger partial charge is 0.492 e. The van der Waals surface area contributed by atoms with Gasteiger partial charge in [0.1, 0.15) is 36.1 Å². The van der Waals surface area contributed by atoms with Crippen molar-refractivity contribution in [2.45, 2.75) is 12.5 Å². The summed E-state index contributed by atoms with van der Waals surface area (Å²) in [7, 11) is 1.50. The highest BCUT2D eigenvalue weighted by Gasteiger charge is 2.51. The molecule has 1 saturated heterocycles. The lowest BCUT2D eigenvalue weighted by Gasteiger charge is -2.23. The summed E-state index contributed by atoms with van der Waals surface area (Å²) in [5.41, 5.74) is -2.13. The van der Waals surface area contributed by atoms with Gasteiger partial charge in [-0.15, -0.1) is 0 Å². The van der Waals surface area contributed by atoms with Crippen molar-refractivity contribution in [3.63, 3.8) is 0 Å². The van der Waals surface area contributed by atoms with Crippen LogP contribution in [0, 0.1) is 11.6 Å². The molecule has 31 heavy (non-hydrogen) atoms. The van der Waals surface area contributed by atoms with E-state index < -0.39 is 41.6 Å². The first-order valence-corrected chi connectivity index (χ1v) is 9.71. The van der Waals surface area contributed by atoms with Gasteiger partial charge in [0.05, 0.1) is 6.54 Å². The van der Waals surface area contributed by atoms with Gasteiger partial charge in [-0.2, -0.15) is 0 Å². The molecule has 0 spiro atoms. The number of hydrogen-bond acceptors (Lipinski definition) is 4. The number of ether oxygens (including phenoxy) is 1. The maximum absolute atomic E-state index is 14.2. The van der Waals surface area contributed by atoms with Crippen LogP contribution >= 0.6 is 11.6 Å². The Labute approximate surface area is 182 Å². The third kappa shape index (κ3) is 4.77. The molecule has 0 bridgehead atoms. The molecular weight excluding hydrogens is 432 g/mol. The summed E-state index contributed by atoms with van der Waals surface area (Å²) in [6, 6.07) is 8.47. The number of carbonyl (C=O) groups is 3. The summed E-state index contributed by atoms with van der Waals surface area (Å²) in [4.78, 5) is 39.6. The molecule has 0 aliphatic carbocycles. The fourth-order valence-electron chi connectivity index (χ4n) is 3.12. The van der Waals surface area contributed by atoms with Crippen LogP contribution in [-0.2, 0) is 15.1 Å². The molecule has 0 radical (unpaired) electrons. The zero-order valence-electron chi connectivity index (χ0n) is 16.8. The number of benzene rings is 2. The fraction of sp³-hybridized carbons (Fsp3) is 0.286. The summed E-state index contributed by atoms with van der Waals surface area (Å²) in [6.07, 6.45) is 0. The van der Waals surface area contributed by atoms with Crippen molar-refractivity contribution in [1.82, 2.24) is 15.1 Å². The smallest absolute Gasteiger partial charge is 0.325 e. The van der Waals surface area contributed by atoms with Gasteiger partial charge in [0.15, 0.2) is 0 Å². The van der Waals surface area contributed by atoms with Gasteiger partial charge in [-0.1, -0.05) is 11.6 Å². The van der Waals surface area contributed by atoms with Gasteiger partial charge >= 0.3 is 6.03 Å². The zero-order valence-corrected chi connectivity index (χ0v) is 17.6. The lowest BCUT2D eigenvalue weighted by Crippen LogP contribution is -2.44. The van der Waals surface area contributed by atoms with Crippen LogP contribution in [-0.4, -0.2) is 54.4 Å². The molecule has 1 unspecified atom stereocenters. The first kappa shape index (κ1) is 22.5. The number of rotatable bonds is 7. The van der Waals surface area contributed by atoms with E-state index in [4.69, 9.17) is 16.3 Å². The first-order chi connectivity index (χ1) is 14.6. The topological polar surface area (TPSA) is 79.0 Å². The highest BCUT2D eigenvalue weighted by molar-refractivity contribution is 6.30. The minimum absolute atomic E-state index is 0.177. The predicted molar refractivity (Wildman–Crippen MR) is 109 cm³/mol. The molecule has 1 heterocycles. The number of likely N-dealkylation sites (N-methyl/N-ethyl adjacent to an activating group) is 1. The van der Waals surface area contributed by atoms with E-state index in [0.717, 1.165) is 18.2 Å². The minimum Gasteiger partial charge on any atom is -0.492 e. The zero-order chi connectivity index (χ0) is 22.8. The number of nitrogens with zero attached hydrogens (tertiary/aromatic N) is 2. The number of halogens is 3. The number of carbonyl (C=O) groups excluding carboxylic acids is 3. The van der Waals surface area contributed by atoms with E-state index >= 15 is 0 Å². The lowest BCUT2D eigenvalue weighted by molar-refractivity contribution is -0.138. The van der Waals surface area contributed by atoms with Crippen LogP contribution in [0.5, 0.6) is 5.75 Å². The Bertz CT molecular complexity index is 1020. The second kappa shape index (κ2) is 8.89. The summed E-state index contributed by atoms with van der Waals surface area (Å²) in [6.45, 7) is 1.09. The van der Waals surface area contributed by atoms with Gasteiger partial charge < -0.3 is 15.0 Å². The van der Waals surface area contributed by atoms with E-state index in [2.05, 4.69) is 5.32 Å². The van der Waals surface area contributed by atoms with Gasteiger partial charge in [0, 0.05) is 17.6 Å². The highest BCUT2D eigenvalue weighted by atomic mass is 35.5. The third-order valence-corrected chi connectivity index (χ3v) is 5.22. The molecule has 0 saturated carbocycles. The third-order valence-electron chi connectivity index (χ3n) is 4.97. The summed E-state index contributed by atoms with van der Waals surface area (Å²) < 4.78 is 33.3. The van der Waals surface area contributed by atoms with E-state index in [1.807, 2.05) is 0 Å².